The van der Waals surface area contributed by atoms with E-state index in [0.29, 0.717) is 44.2 Å². The van der Waals surface area contributed by atoms with E-state index < -0.39 is 0 Å². The topological polar surface area (TPSA) is 46.6 Å². The van der Waals surface area contributed by atoms with Gasteiger partial charge in [0.15, 0.2) is 11.6 Å². The molecule has 5 nitrogen and oxygen atoms in total. The molecule has 0 bridgehead atoms. The third-order valence-electron chi connectivity index (χ3n) is 2.75. The van der Waals surface area contributed by atoms with Crippen LogP contribution in [0.1, 0.15) is 5.56 Å². The van der Waals surface area contributed by atoms with Crippen molar-refractivity contribution in [3.63, 3.8) is 0 Å². The first kappa shape index (κ1) is 15.8. The largest absolute Gasteiger partial charge is 0.383 e. The van der Waals surface area contributed by atoms with Crippen molar-refractivity contribution in [3.05, 3.63) is 23.6 Å². The summed E-state index contributed by atoms with van der Waals surface area (Å²) >= 11 is 0. The molecule has 1 heterocycles. The van der Waals surface area contributed by atoms with E-state index in [0.717, 1.165) is 0 Å². The summed E-state index contributed by atoms with van der Waals surface area (Å²) < 4.78 is 24.4. The molecule has 19 heavy (non-hydrogen) atoms. The zero-order valence-corrected chi connectivity index (χ0v) is 11.8. The van der Waals surface area contributed by atoms with E-state index in [-0.39, 0.29) is 5.82 Å². The van der Waals surface area contributed by atoms with Gasteiger partial charge in [-0.25, -0.2) is 9.37 Å². The highest BCUT2D eigenvalue weighted by Gasteiger charge is 2.15. The Kier molecular flexibility index (Phi) is 7.32. The van der Waals surface area contributed by atoms with Crippen LogP contribution < -0.4 is 10.2 Å². The van der Waals surface area contributed by atoms with Crippen LogP contribution in [0.2, 0.25) is 0 Å². The summed E-state index contributed by atoms with van der Waals surface area (Å²) in [5.41, 5.74) is 0.604. The van der Waals surface area contributed by atoms with Crippen molar-refractivity contribution in [2.75, 3.05) is 52.5 Å². The lowest BCUT2D eigenvalue weighted by Crippen LogP contribution is -2.32. The SMILES string of the molecule is CNCc1ccnc(N(CCOC)CCOC)c1F. The zero-order chi connectivity index (χ0) is 14.1. The van der Waals surface area contributed by atoms with Crippen LogP contribution in [-0.2, 0) is 16.0 Å². The van der Waals surface area contributed by atoms with E-state index in [4.69, 9.17) is 9.47 Å². The summed E-state index contributed by atoms with van der Waals surface area (Å²) in [6.45, 7) is 2.66. The van der Waals surface area contributed by atoms with Crippen molar-refractivity contribution in [3.8, 4) is 0 Å². The maximum Gasteiger partial charge on any atom is 0.170 e. The Hall–Kier alpha value is -1.24. The molecule has 6 heteroatoms. The number of aromatic nitrogens is 1. The number of nitrogens with zero attached hydrogens (tertiary/aromatic N) is 2. The minimum atomic E-state index is -0.288. The van der Waals surface area contributed by atoms with Crippen molar-refractivity contribution >= 4 is 5.82 Å². The number of ether oxygens (including phenoxy) is 2. The highest BCUT2D eigenvalue weighted by Crippen LogP contribution is 2.19. The average molecular weight is 271 g/mol. The van der Waals surface area contributed by atoms with E-state index >= 15 is 0 Å². The lowest BCUT2D eigenvalue weighted by atomic mass is 10.2. The molecular formula is C13H22FN3O2. The summed E-state index contributed by atoms with van der Waals surface area (Å²) in [6.07, 6.45) is 1.62. The lowest BCUT2D eigenvalue weighted by Gasteiger charge is -2.24. The Balaban J connectivity index is 2.89. The van der Waals surface area contributed by atoms with Crippen molar-refractivity contribution in [1.82, 2.24) is 10.3 Å². The summed E-state index contributed by atoms with van der Waals surface area (Å²) in [4.78, 5) is 5.97. The van der Waals surface area contributed by atoms with Gasteiger partial charge in [0, 0.05) is 45.6 Å². The first-order chi connectivity index (χ1) is 9.24. The van der Waals surface area contributed by atoms with Crippen LogP contribution in [0, 0.1) is 5.82 Å². The zero-order valence-electron chi connectivity index (χ0n) is 11.8. The van der Waals surface area contributed by atoms with Gasteiger partial charge in [-0.2, -0.15) is 0 Å². The normalized spacial score (nSPS) is 10.7. The second-order valence-electron chi connectivity index (χ2n) is 4.11. The van der Waals surface area contributed by atoms with Gasteiger partial charge in [-0.3, -0.25) is 0 Å². The van der Waals surface area contributed by atoms with Gasteiger partial charge in [0.05, 0.1) is 13.2 Å². The smallest absolute Gasteiger partial charge is 0.170 e. The number of hydrogen-bond acceptors (Lipinski definition) is 5. The van der Waals surface area contributed by atoms with E-state index in [1.807, 2.05) is 4.90 Å². The standard InChI is InChI=1S/C13H22FN3O2/c1-15-10-11-4-5-16-13(12(11)14)17(6-8-18-2)7-9-19-3/h4-5,15H,6-10H2,1-3H3. The highest BCUT2D eigenvalue weighted by atomic mass is 19.1. The van der Waals surface area contributed by atoms with Gasteiger partial charge in [-0.15, -0.1) is 0 Å². The monoisotopic (exact) mass is 271 g/mol. The van der Waals surface area contributed by atoms with Crippen LogP contribution in [0.15, 0.2) is 12.3 Å². The van der Waals surface area contributed by atoms with Gasteiger partial charge in [-0.05, 0) is 13.1 Å². The van der Waals surface area contributed by atoms with Crippen LogP contribution >= 0.6 is 0 Å². The molecule has 1 rings (SSSR count). The molecule has 1 aromatic rings. The minimum absolute atomic E-state index is 0.288. The molecule has 0 saturated carbocycles. The van der Waals surface area contributed by atoms with Crippen LogP contribution in [-0.4, -0.2) is 52.6 Å². The quantitative estimate of drug-likeness (QED) is 0.727. The predicted octanol–water partition coefficient (Wildman–Crippen LogP) is 1.04. The van der Waals surface area contributed by atoms with E-state index in [1.54, 1.807) is 33.5 Å². The minimum Gasteiger partial charge on any atom is -0.383 e. The molecule has 0 spiro atoms. The van der Waals surface area contributed by atoms with E-state index in [2.05, 4.69) is 10.3 Å². The Morgan fingerprint density at radius 2 is 1.89 bits per heavy atom. The molecule has 0 fully saturated rings. The van der Waals surface area contributed by atoms with Gasteiger partial charge >= 0.3 is 0 Å². The number of halogens is 1. The molecule has 0 aliphatic carbocycles. The Morgan fingerprint density at radius 1 is 1.26 bits per heavy atom. The fourth-order valence-corrected chi connectivity index (χ4v) is 1.75. The summed E-state index contributed by atoms with van der Waals surface area (Å²) in [6, 6.07) is 1.68. The van der Waals surface area contributed by atoms with Crippen LogP contribution in [0.4, 0.5) is 10.2 Å². The molecule has 0 radical (unpaired) electrons. The Labute approximate surface area is 113 Å². The fraction of sp³-hybridized carbons (Fsp3) is 0.615. The number of methoxy groups -OCH3 is 2. The van der Waals surface area contributed by atoms with E-state index in [1.165, 1.54) is 0 Å². The van der Waals surface area contributed by atoms with Gasteiger partial charge in [0.1, 0.15) is 0 Å². The van der Waals surface area contributed by atoms with Crippen LogP contribution in [0.3, 0.4) is 0 Å². The molecule has 0 unspecified atom stereocenters. The molecular weight excluding hydrogens is 249 g/mol. The van der Waals surface area contributed by atoms with Crippen molar-refractivity contribution in [2.24, 2.45) is 0 Å². The molecule has 0 aromatic carbocycles. The van der Waals surface area contributed by atoms with Crippen molar-refractivity contribution in [1.29, 1.82) is 0 Å². The number of pyridine rings is 1. The van der Waals surface area contributed by atoms with Crippen LogP contribution in [0.5, 0.6) is 0 Å². The molecule has 0 aliphatic rings. The second kappa shape index (κ2) is 8.79. The highest BCUT2D eigenvalue weighted by molar-refractivity contribution is 5.43. The Bertz CT molecular complexity index is 369. The number of nitrogens with one attached hydrogen (secondary N) is 1. The molecule has 1 N–H and O–H groups in total. The molecule has 1 aromatic heterocycles. The van der Waals surface area contributed by atoms with Crippen molar-refractivity contribution in [2.45, 2.75) is 6.54 Å². The number of rotatable bonds is 9. The van der Waals surface area contributed by atoms with Gasteiger partial charge in [0.2, 0.25) is 0 Å². The molecule has 0 aliphatic heterocycles. The van der Waals surface area contributed by atoms with Gasteiger partial charge in [0.25, 0.3) is 0 Å². The number of hydrogen-bond donors (Lipinski definition) is 1. The first-order valence-electron chi connectivity index (χ1n) is 6.25. The maximum atomic E-state index is 14.3. The summed E-state index contributed by atoms with van der Waals surface area (Å²) in [7, 11) is 5.03. The second-order valence-corrected chi connectivity index (χ2v) is 4.11. The van der Waals surface area contributed by atoms with Crippen molar-refractivity contribution < 1.29 is 13.9 Å². The fourth-order valence-electron chi connectivity index (χ4n) is 1.75. The molecule has 0 amide bonds. The first-order valence-corrected chi connectivity index (χ1v) is 6.25. The van der Waals surface area contributed by atoms with E-state index in [9.17, 15) is 4.39 Å². The maximum absolute atomic E-state index is 14.3. The molecule has 0 saturated heterocycles. The van der Waals surface area contributed by atoms with Gasteiger partial charge < -0.3 is 19.7 Å². The lowest BCUT2D eigenvalue weighted by molar-refractivity contribution is 0.189. The molecule has 0 atom stereocenters. The molecule has 108 valence electrons. The van der Waals surface area contributed by atoms with Crippen LogP contribution in [0.25, 0.3) is 0 Å². The third-order valence-corrected chi connectivity index (χ3v) is 2.75. The Morgan fingerprint density at radius 3 is 2.42 bits per heavy atom. The number of anilines is 1. The third kappa shape index (κ3) is 4.74. The average Bonchev–Trinajstić information content (AvgIpc) is 2.42. The summed E-state index contributed by atoms with van der Waals surface area (Å²) in [5, 5.41) is 2.94. The predicted molar refractivity (Wildman–Crippen MR) is 72.9 cm³/mol. The van der Waals surface area contributed by atoms with Gasteiger partial charge in [-0.1, -0.05) is 0 Å². The summed E-state index contributed by atoms with van der Waals surface area (Å²) in [5.74, 6) is 0.0610.